The van der Waals surface area contributed by atoms with Gasteiger partial charge in [0.2, 0.25) is 0 Å². The smallest absolute Gasteiger partial charge is 0.338 e. The summed E-state index contributed by atoms with van der Waals surface area (Å²) in [6, 6.07) is 24.2. The third-order valence-corrected chi connectivity index (χ3v) is 10.6. The Labute approximate surface area is 366 Å². The fourth-order valence-electron chi connectivity index (χ4n) is 7.67. The Morgan fingerprint density at radius 2 is 1.11 bits per heavy atom. The monoisotopic (exact) mass is 873 g/mol. The van der Waals surface area contributed by atoms with Crippen molar-refractivity contribution in [3.8, 4) is 0 Å². The second-order valence-electron chi connectivity index (χ2n) is 15.8. The number of hydrogen-bond acceptors (Lipinski definition) is 15. The Balaban J connectivity index is 1.33. The summed E-state index contributed by atoms with van der Waals surface area (Å²) < 4.78 is 62.2. The van der Waals surface area contributed by atoms with E-state index in [-0.39, 0.29) is 23.3 Å². The van der Waals surface area contributed by atoms with Crippen LogP contribution < -0.4 is 0 Å². The molecule has 0 radical (unpaired) electrons. The van der Waals surface area contributed by atoms with Crippen molar-refractivity contribution in [2.24, 2.45) is 5.11 Å². The van der Waals surface area contributed by atoms with Gasteiger partial charge in [-0.2, -0.15) is 0 Å². The molecule has 338 valence electrons. The zero-order chi connectivity index (χ0) is 44.8. The van der Waals surface area contributed by atoms with Crippen molar-refractivity contribution in [1.29, 1.82) is 0 Å². The Kier molecular flexibility index (Phi) is 17.1. The first-order valence-corrected chi connectivity index (χ1v) is 21.3. The lowest BCUT2D eigenvalue weighted by Gasteiger charge is -2.45. The SMILES string of the molecule is CCCCCCCCO[C@H]1O[C@H](CO[C@H]2O[C@H](CN=[N+]=[N-])[C@@H](OC(=O)c3ccccc3)[C@H](OC(=O)c3ccccc3)[C@@H]2OC(=O)c2ccccc2)[C@@H]2OC(C)(C)O[C@@H]2[C@@H]1OC(C)=O. The largest absolute Gasteiger partial charge is 0.454 e. The highest BCUT2D eigenvalue weighted by Gasteiger charge is 2.58. The average molecular weight is 874 g/mol. The van der Waals surface area contributed by atoms with Crippen LogP contribution in [0.1, 0.15) is 97.3 Å². The molecule has 0 aromatic heterocycles. The van der Waals surface area contributed by atoms with Gasteiger partial charge in [-0.05, 0) is 62.2 Å². The number of fused-ring (bicyclic) bond motifs is 1. The van der Waals surface area contributed by atoms with Crippen molar-refractivity contribution in [1.82, 2.24) is 0 Å². The maximum Gasteiger partial charge on any atom is 0.338 e. The van der Waals surface area contributed by atoms with Crippen LogP contribution in [0.3, 0.4) is 0 Å². The maximum atomic E-state index is 13.9. The highest BCUT2D eigenvalue weighted by atomic mass is 16.8. The molecule has 3 aliphatic heterocycles. The number of carbonyl (C=O) groups excluding carboxylic acids is 4. The van der Waals surface area contributed by atoms with Gasteiger partial charge in [0.15, 0.2) is 42.8 Å². The highest BCUT2D eigenvalue weighted by Crippen LogP contribution is 2.40. The van der Waals surface area contributed by atoms with Crippen LogP contribution in [0.5, 0.6) is 0 Å². The van der Waals surface area contributed by atoms with Crippen LogP contribution in [-0.2, 0) is 52.2 Å². The van der Waals surface area contributed by atoms with Crippen LogP contribution >= 0.6 is 0 Å². The molecule has 3 aromatic carbocycles. The summed E-state index contributed by atoms with van der Waals surface area (Å²) in [6.07, 6.45) is -6.20. The van der Waals surface area contributed by atoms with E-state index in [1.165, 1.54) is 43.3 Å². The third kappa shape index (κ3) is 12.9. The summed E-state index contributed by atoms with van der Waals surface area (Å²) in [7, 11) is 0. The fraction of sp³-hybridized carbons (Fsp3) is 0.522. The number of rotatable bonds is 20. The quantitative estimate of drug-likeness (QED) is 0.0273. The first kappa shape index (κ1) is 47.1. The van der Waals surface area contributed by atoms with Crippen molar-refractivity contribution in [3.05, 3.63) is 118 Å². The molecule has 0 amide bonds. The fourth-order valence-corrected chi connectivity index (χ4v) is 7.67. The van der Waals surface area contributed by atoms with Gasteiger partial charge in [-0.1, -0.05) is 98.7 Å². The zero-order valence-corrected chi connectivity index (χ0v) is 35.9. The predicted octanol–water partition coefficient (Wildman–Crippen LogP) is 7.27. The second-order valence-corrected chi connectivity index (χ2v) is 15.8. The molecule has 17 nitrogen and oxygen atoms in total. The van der Waals surface area contributed by atoms with Crippen molar-refractivity contribution in [2.75, 3.05) is 19.8 Å². The highest BCUT2D eigenvalue weighted by molar-refractivity contribution is 5.91. The van der Waals surface area contributed by atoms with Crippen LogP contribution in [-0.4, -0.2) is 111 Å². The van der Waals surface area contributed by atoms with Crippen molar-refractivity contribution in [3.63, 3.8) is 0 Å². The summed E-state index contributed by atoms with van der Waals surface area (Å²) in [5.41, 5.74) is 9.88. The van der Waals surface area contributed by atoms with Gasteiger partial charge in [-0.15, -0.1) is 0 Å². The number of azide groups is 1. The van der Waals surface area contributed by atoms with E-state index in [9.17, 15) is 24.7 Å². The van der Waals surface area contributed by atoms with Crippen LogP contribution in [0, 0.1) is 0 Å². The van der Waals surface area contributed by atoms with Crippen molar-refractivity contribution in [2.45, 2.75) is 133 Å². The molecule has 0 aliphatic carbocycles. The predicted molar refractivity (Wildman–Crippen MR) is 223 cm³/mol. The lowest BCUT2D eigenvalue weighted by Crippen LogP contribution is -2.64. The summed E-state index contributed by atoms with van der Waals surface area (Å²) in [4.78, 5) is 56.7. The van der Waals surface area contributed by atoms with Gasteiger partial charge < -0.3 is 47.4 Å². The van der Waals surface area contributed by atoms with E-state index in [0.29, 0.717) is 6.61 Å². The molecule has 10 atom stereocenters. The second kappa shape index (κ2) is 22.8. The Morgan fingerprint density at radius 1 is 0.619 bits per heavy atom. The molecule has 0 N–H and O–H groups in total. The lowest BCUT2D eigenvalue weighted by atomic mass is 9.97. The molecule has 0 unspecified atom stereocenters. The topological polar surface area (TPSA) is 209 Å². The van der Waals surface area contributed by atoms with Gasteiger partial charge in [0.25, 0.3) is 0 Å². The molecule has 17 heteroatoms. The van der Waals surface area contributed by atoms with E-state index in [2.05, 4.69) is 16.9 Å². The Morgan fingerprint density at radius 3 is 1.67 bits per heavy atom. The first-order valence-electron chi connectivity index (χ1n) is 21.3. The van der Waals surface area contributed by atoms with Gasteiger partial charge in [0.1, 0.15) is 24.4 Å². The van der Waals surface area contributed by atoms with E-state index in [1.54, 1.807) is 68.4 Å². The molecule has 0 saturated carbocycles. The van der Waals surface area contributed by atoms with Crippen LogP contribution in [0.15, 0.2) is 96.1 Å². The molecule has 3 heterocycles. The van der Waals surface area contributed by atoms with Crippen molar-refractivity contribution < 1.29 is 66.5 Å². The molecule has 63 heavy (non-hydrogen) atoms. The van der Waals surface area contributed by atoms with Gasteiger partial charge in [0.05, 0.1) is 29.8 Å². The van der Waals surface area contributed by atoms with Gasteiger partial charge >= 0.3 is 23.9 Å². The molecule has 0 spiro atoms. The maximum absolute atomic E-state index is 13.9. The number of ether oxygens (including phenoxy) is 10. The van der Waals surface area contributed by atoms with Gasteiger partial charge in [-0.25, -0.2) is 14.4 Å². The minimum atomic E-state index is -1.61. The Bertz CT molecular complexity index is 2000. The van der Waals surface area contributed by atoms with E-state index in [1.807, 2.05) is 0 Å². The van der Waals surface area contributed by atoms with E-state index in [0.717, 1.165) is 38.5 Å². The molecule has 3 saturated heterocycles. The number of unbranched alkanes of at least 4 members (excludes halogenated alkanes) is 5. The minimum Gasteiger partial charge on any atom is -0.454 e. The lowest BCUT2D eigenvalue weighted by molar-refractivity contribution is -0.319. The van der Waals surface area contributed by atoms with Crippen LogP contribution in [0.25, 0.3) is 10.4 Å². The van der Waals surface area contributed by atoms with Gasteiger partial charge in [-0.3, -0.25) is 4.79 Å². The summed E-state index contributed by atoms with van der Waals surface area (Å²) in [6.45, 7) is 6.43. The van der Waals surface area contributed by atoms with E-state index in [4.69, 9.17) is 47.4 Å². The number of nitrogens with zero attached hydrogens (tertiary/aromatic N) is 3. The summed E-state index contributed by atoms with van der Waals surface area (Å²) in [5, 5.41) is 3.71. The van der Waals surface area contributed by atoms with Crippen LogP contribution in [0.4, 0.5) is 0 Å². The number of esters is 4. The minimum absolute atomic E-state index is 0.145. The Hall–Kier alpha value is -5.39. The normalized spacial score (nSPS) is 27.2. The number of benzene rings is 3. The van der Waals surface area contributed by atoms with Crippen LogP contribution in [0.2, 0.25) is 0 Å². The molecular weight excluding hydrogens is 819 g/mol. The van der Waals surface area contributed by atoms with Crippen molar-refractivity contribution >= 4 is 23.9 Å². The number of hydrogen-bond donors (Lipinski definition) is 0. The first-order chi connectivity index (χ1) is 30.5. The molecule has 0 bridgehead atoms. The third-order valence-electron chi connectivity index (χ3n) is 10.6. The molecule has 3 fully saturated rings. The van der Waals surface area contributed by atoms with E-state index < -0.39 is 97.6 Å². The molecular formula is C46H55N3O14. The zero-order valence-electron chi connectivity index (χ0n) is 35.9. The molecule has 6 rings (SSSR count). The summed E-state index contributed by atoms with van der Waals surface area (Å²) in [5.74, 6) is -4.20. The van der Waals surface area contributed by atoms with Gasteiger partial charge in [0, 0.05) is 18.4 Å². The van der Waals surface area contributed by atoms with E-state index >= 15 is 0 Å². The molecule has 3 aromatic rings. The standard InChI is InChI=1S/C46H55N3O14/c1-5-6-7-8-9-19-26-54-44-40(56-29(2)50)38-36(62-46(3,4)63-38)34(58-44)28-55-45-39(61-43(53)32-24-17-12-18-25-32)37(60-42(52)31-22-15-11-16-23-31)35(33(57-45)27-48-49-47)59-41(51)30-20-13-10-14-21-30/h10-18,20-25,33-40,44-45H,5-9,19,26-28H2,1-4H3/t33-,34-,35-,36+,37+,38+,39+,40+,44+,45+/m1/s1. The molecule has 3 aliphatic rings. The number of carbonyl (C=O) groups is 4. The average Bonchev–Trinajstić information content (AvgIpc) is 3.62. The summed E-state index contributed by atoms with van der Waals surface area (Å²) >= 11 is 0.